The second kappa shape index (κ2) is 5.83. The molecule has 4 heteroatoms. The molecule has 0 amide bonds. The van der Waals surface area contributed by atoms with Crippen molar-refractivity contribution in [1.82, 2.24) is 0 Å². The first-order valence-corrected chi connectivity index (χ1v) is 7.24. The largest absolute Gasteiger partial charge is 0.396 e. The fraction of sp³-hybridized carbons (Fsp3) is 0.222. The molecular weight excluding hydrogens is 280 g/mol. The van der Waals surface area contributed by atoms with Gasteiger partial charge in [0.2, 0.25) is 0 Å². The lowest BCUT2D eigenvalue weighted by Gasteiger charge is -2.22. The van der Waals surface area contributed by atoms with Gasteiger partial charge < -0.3 is 10.2 Å². The highest BCUT2D eigenvalue weighted by Gasteiger charge is 2.32. The molecule has 3 rings (SSSR count). The summed E-state index contributed by atoms with van der Waals surface area (Å²) < 4.78 is 0. The Morgan fingerprint density at radius 3 is 1.55 bits per heavy atom. The SMILES string of the molecule is O=C1c2cccc(CCO)c2C(=O)c2c(CCO)cccc21. The summed E-state index contributed by atoms with van der Waals surface area (Å²) in [5.41, 5.74) is 2.93. The number of carbonyl (C=O) groups excluding carboxylic acids is 2. The number of hydrogen-bond donors (Lipinski definition) is 2. The van der Waals surface area contributed by atoms with Gasteiger partial charge in [-0.05, 0) is 24.0 Å². The van der Waals surface area contributed by atoms with Crippen LogP contribution in [0.3, 0.4) is 0 Å². The smallest absolute Gasteiger partial charge is 0.195 e. The summed E-state index contributed by atoms with van der Waals surface area (Å²) in [7, 11) is 0. The molecule has 1 aliphatic rings. The van der Waals surface area contributed by atoms with E-state index in [1.807, 2.05) is 0 Å². The molecule has 0 spiro atoms. The van der Waals surface area contributed by atoms with Crippen LogP contribution in [0.4, 0.5) is 0 Å². The Morgan fingerprint density at radius 1 is 0.682 bits per heavy atom. The van der Waals surface area contributed by atoms with Crippen LogP contribution in [-0.4, -0.2) is 35.0 Å². The zero-order valence-electron chi connectivity index (χ0n) is 12.0. The van der Waals surface area contributed by atoms with E-state index in [2.05, 4.69) is 0 Å². The third kappa shape index (κ3) is 2.17. The van der Waals surface area contributed by atoms with Crippen LogP contribution in [0.25, 0.3) is 0 Å². The maximum absolute atomic E-state index is 12.9. The van der Waals surface area contributed by atoms with Crippen LogP contribution < -0.4 is 0 Å². The molecule has 0 saturated carbocycles. The number of carbonyl (C=O) groups is 2. The first kappa shape index (κ1) is 14.6. The number of ketones is 2. The topological polar surface area (TPSA) is 74.6 Å². The summed E-state index contributed by atoms with van der Waals surface area (Å²) >= 11 is 0. The summed E-state index contributed by atoms with van der Waals surface area (Å²) in [6, 6.07) is 10.3. The van der Waals surface area contributed by atoms with E-state index in [4.69, 9.17) is 0 Å². The minimum absolute atomic E-state index is 0.0803. The monoisotopic (exact) mass is 296 g/mol. The Morgan fingerprint density at radius 2 is 1.14 bits per heavy atom. The van der Waals surface area contributed by atoms with Crippen molar-refractivity contribution in [2.75, 3.05) is 13.2 Å². The molecule has 2 aromatic rings. The van der Waals surface area contributed by atoms with Gasteiger partial charge >= 0.3 is 0 Å². The lowest BCUT2D eigenvalue weighted by molar-refractivity contribution is 0.0977. The van der Waals surface area contributed by atoms with E-state index < -0.39 is 0 Å². The van der Waals surface area contributed by atoms with Crippen molar-refractivity contribution in [3.05, 3.63) is 69.8 Å². The molecule has 0 fully saturated rings. The third-order valence-corrected chi connectivity index (χ3v) is 4.01. The summed E-state index contributed by atoms with van der Waals surface area (Å²) in [4.78, 5) is 25.6. The van der Waals surface area contributed by atoms with Gasteiger partial charge in [-0.15, -0.1) is 0 Å². The Balaban J connectivity index is 2.24. The Labute approximate surface area is 128 Å². The van der Waals surface area contributed by atoms with Crippen LogP contribution in [0.5, 0.6) is 0 Å². The molecule has 0 unspecified atom stereocenters. The normalized spacial score (nSPS) is 13.0. The molecule has 0 aliphatic heterocycles. The second-order valence-corrected chi connectivity index (χ2v) is 5.28. The molecule has 0 atom stereocenters. The number of aliphatic hydroxyl groups is 2. The van der Waals surface area contributed by atoms with Gasteiger partial charge in [0.05, 0.1) is 0 Å². The highest BCUT2D eigenvalue weighted by molar-refractivity contribution is 6.29. The highest BCUT2D eigenvalue weighted by atomic mass is 16.3. The molecule has 1 aliphatic carbocycles. The number of hydrogen-bond acceptors (Lipinski definition) is 4. The standard InChI is InChI=1S/C18H16O4/c19-9-7-11-3-1-5-13-15(11)18(22)16-12(8-10-20)4-2-6-14(16)17(13)21/h1-6,19-20H,7-10H2. The van der Waals surface area contributed by atoms with Gasteiger partial charge in [0.15, 0.2) is 11.6 Å². The molecule has 0 saturated heterocycles. The number of aliphatic hydroxyl groups excluding tert-OH is 2. The van der Waals surface area contributed by atoms with Crippen LogP contribution in [0, 0.1) is 0 Å². The van der Waals surface area contributed by atoms with Crippen molar-refractivity contribution in [2.45, 2.75) is 12.8 Å². The molecular formula is C18H16O4. The zero-order chi connectivity index (χ0) is 15.7. The van der Waals surface area contributed by atoms with Gasteiger partial charge in [0.1, 0.15) is 0 Å². The first-order valence-electron chi connectivity index (χ1n) is 7.24. The number of fused-ring (bicyclic) bond motifs is 2. The van der Waals surface area contributed by atoms with E-state index >= 15 is 0 Å². The van der Waals surface area contributed by atoms with Crippen LogP contribution >= 0.6 is 0 Å². The molecule has 22 heavy (non-hydrogen) atoms. The van der Waals surface area contributed by atoms with Gasteiger partial charge in [-0.2, -0.15) is 0 Å². The van der Waals surface area contributed by atoms with Crippen molar-refractivity contribution in [2.24, 2.45) is 0 Å². The molecule has 0 aromatic heterocycles. The quantitative estimate of drug-likeness (QED) is 0.765. The molecule has 0 radical (unpaired) electrons. The molecule has 112 valence electrons. The minimum atomic E-state index is -0.197. The van der Waals surface area contributed by atoms with E-state index in [-0.39, 0.29) is 24.8 Å². The van der Waals surface area contributed by atoms with Gasteiger partial charge in [-0.25, -0.2) is 0 Å². The number of rotatable bonds is 4. The van der Waals surface area contributed by atoms with Crippen LogP contribution in [-0.2, 0) is 12.8 Å². The molecule has 2 aromatic carbocycles. The van der Waals surface area contributed by atoms with E-state index in [9.17, 15) is 19.8 Å². The predicted octanol–water partition coefficient (Wildman–Crippen LogP) is 1.53. The molecule has 0 bridgehead atoms. The lowest BCUT2D eigenvalue weighted by atomic mass is 9.79. The van der Waals surface area contributed by atoms with Crippen molar-refractivity contribution < 1.29 is 19.8 Å². The van der Waals surface area contributed by atoms with Gasteiger partial charge in [0, 0.05) is 35.5 Å². The van der Waals surface area contributed by atoms with Gasteiger partial charge in [-0.1, -0.05) is 36.4 Å². The average Bonchev–Trinajstić information content (AvgIpc) is 2.53. The molecule has 4 nitrogen and oxygen atoms in total. The number of benzene rings is 2. The van der Waals surface area contributed by atoms with Gasteiger partial charge in [-0.3, -0.25) is 9.59 Å². The maximum atomic E-state index is 12.9. The van der Waals surface area contributed by atoms with E-state index in [1.165, 1.54) is 0 Å². The first-order chi connectivity index (χ1) is 10.7. The van der Waals surface area contributed by atoms with Gasteiger partial charge in [0.25, 0.3) is 0 Å². The lowest BCUT2D eigenvalue weighted by Crippen LogP contribution is -2.24. The Kier molecular flexibility index (Phi) is 3.88. The minimum Gasteiger partial charge on any atom is -0.396 e. The van der Waals surface area contributed by atoms with E-state index in [0.29, 0.717) is 46.2 Å². The highest BCUT2D eigenvalue weighted by Crippen LogP contribution is 2.31. The Bertz CT molecular complexity index is 700. The summed E-state index contributed by atoms with van der Waals surface area (Å²) in [6.45, 7) is -0.161. The zero-order valence-corrected chi connectivity index (χ0v) is 12.0. The fourth-order valence-corrected chi connectivity index (χ4v) is 3.04. The fourth-order valence-electron chi connectivity index (χ4n) is 3.04. The van der Waals surface area contributed by atoms with E-state index in [1.54, 1.807) is 36.4 Å². The van der Waals surface area contributed by atoms with Crippen molar-refractivity contribution in [3.8, 4) is 0 Å². The van der Waals surface area contributed by atoms with Crippen molar-refractivity contribution >= 4 is 11.6 Å². The average molecular weight is 296 g/mol. The van der Waals surface area contributed by atoms with Crippen molar-refractivity contribution in [1.29, 1.82) is 0 Å². The van der Waals surface area contributed by atoms with Crippen LogP contribution in [0.2, 0.25) is 0 Å². The molecule has 0 heterocycles. The van der Waals surface area contributed by atoms with Crippen LogP contribution in [0.1, 0.15) is 43.0 Å². The van der Waals surface area contributed by atoms with E-state index in [0.717, 1.165) is 0 Å². The summed E-state index contributed by atoms with van der Waals surface area (Å²) in [5, 5.41) is 18.4. The summed E-state index contributed by atoms with van der Waals surface area (Å²) in [5.74, 6) is -0.373. The Hall–Kier alpha value is -2.30. The predicted molar refractivity (Wildman–Crippen MR) is 81.3 cm³/mol. The molecule has 2 N–H and O–H groups in total. The maximum Gasteiger partial charge on any atom is 0.195 e. The summed E-state index contributed by atoms with van der Waals surface area (Å²) in [6.07, 6.45) is 0.666. The second-order valence-electron chi connectivity index (χ2n) is 5.28. The van der Waals surface area contributed by atoms with Crippen molar-refractivity contribution in [3.63, 3.8) is 0 Å². The van der Waals surface area contributed by atoms with Crippen LogP contribution in [0.15, 0.2) is 36.4 Å². The third-order valence-electron chi connectivity index (χ3n) is 4.01.